The average molecular weight is 497 g/mol. The molecule has 2 aromatic carbocycles. The Morgan fingerprint density at radius 3 is 2.63 bits per heavy atom. The van der Waals surface area contributed by atoms with Crippen molar-refractivity contribution in [2.24, 2.45) is 0 Å². The van der Waals surface area contributed by atoms with E-state index in [9.17, 15) is 14.4 Å². The van der Waals surface area contributed by atoms with Gasteiger partial charge in [-0.15, -0.1) is 0 Å². The van der Waals surface area contributed by atoms with Gasteiger partial charge in [-0.25, -0.2) is 0 Å². The van der Waals surface area contributed by atoms with Crippen LogP contribution in [0.5, 0.6) is 0 Å². The van der Waals surface area contributed by atoms with Crippen molar-refractivity contribution < 1.29 is 19.1 Å². The molecule has 186 valence electrons. The number of carbonyl (C=O) groups excluding carboxylic acids is 3. The first-order valence-electron chi connectivity index (χ1n) is 12.3. The van der Waals surface area contributed by atoms with Crippen LogP contribution in [0.15, 0.2) is 48.5 Å². The maximum absolute atomic E-state index is 13.8. The number of hydrogen-bond donors (Lipinski definition) is 0. The van der Waals surface area contributed by atoms with Crippen molar-refractivity contribution in [3.05, 3.63) is 70.2 Å². The molecule has 6 nitrogen and oxygen atoms in total. The zero-order valence-corrected chi connectivity index (χ0v) is 21.2. The maximum Gasteiger partial charge on any atom is 0.240 e. The molecular weight excluding hydrogens is 464 g/mol. The summed E-state index contributed by atoms with van der Waals surface area (Å²) >= 11 is 6.54. The number of carbonyl (C=O) groups is 3. The van der Waals surface area contributed by atoms with E-state index >= 15 is 0 Å². The molecule has 0 aromatic heterocycles. The fourth-order valence-electron chi connectivity index (χ4n) is 5.56. The normalized spacial score (nSPS) is 22.7. The summed E-state index contributed by atoms with van der Waals surface area (Å²) in [5.74, 6) is -0.456. The molecule has 0 radical (unpaired) electrons. The molecule has 2 saturated heterocycles. The summed E-state index contributed by atoms with van der Waals surface area (Å²) in [6.07, 6.45) is 2.35. The summed E-state index contributed by atoms with van der Waals surface area (Å²) in [4.78, 5) is 43.6. The molecule has 4 rings (SSSR count). The summed E-state index contributed by atoms with van der Waals surface area (Å²) in [6.45, 7) is 4.08. The molecular formula is C28H33ClN2O4. The number of hydrogen-bond acceptors (Lipinski definition) is 4. The van der Waals surface area contributed by atoms with Gasteiger partial charge in [0.1, 0.15) is 0 Å². The Morgan fingerprint density at radius 1 is 1.14 bits per heavy atom. The lowest BCUT2D eigenvalue weighted by Crippen LogP contribution is -2.46. The third kappa shape index (κ3) is 5.14. The number of imide groups is 1. The number of benzene rings is 2. The van der Waals surface area contributed by atoms with Gasteiger partial charge >= 0.3 is 0 Å². The Hall–Kier alpha value is -2.70. The largest absolute Gasteiger partial charge is 0.385 e. The summed E-state index contributed by atoms with van der Waals surface area (Å²) in [5.41, 5.74) is 1.76. The second-order valence-corrected chi connectivity index (χ2v) is 10.1. The number of methoxy groups -OCH3 is 1. The summed E-state index contributed by atoms with van der Waals surface area (Å²) < 4.78 is 5.10. The van der Waals surface area contributed by atoms with Crippen LogP contribution in [0.1, 0.15) is 54.7 Å². The van der Waals surface area contributed by atoms with Gasteiger partial charge in [-0.2, -0.15) is 0 Å². The second kappa shape index (κ2) is 10.9. The molecule has 3 amide bonds. The van der Waals surface area contributed by atoms with Crippen LogP contribution < -0.4 is 0 Å². The van der Waals surface area contributed by atoms with Gasteiger partial charge in [-0.05, 0) is 48.9 Å². The Morgan fingerprint density at radius 2 is 1.89 bits per heavy atom. The van der Waals surface area contributed by atoms with E-state index in [1.54, 1.807) is 31.4 Å². The summed E-state index contributed by atoms with van der Waals surface area (Å²) in [7, 11) is 1.59. The van der Waals surface area contributed by atoms with Crippen molar-refractivity contribution in [1.82, 2.24) is 9.80 Å². The molecule has 2 aromatic rings. The van der Waals surface area contributed by atoms with Gasteiger partial charge in [-0.3, -0.25) is 19.3 Å². The third-order valence-corrected chi connectivity index (χ3v) is 7.71. The first-order chi connectivity index (χ1) is 16.9. The van der Waals surface area contributed by atoms with Crippen LogP contribution in [0.3, 0.4) is 0 Å². The number of halogens is 1. The van der Waals surface area contributed by atoms with Crippen LogP contribution >= 0.6 is 11.6 Å². The minimum absolute atomic E-state index is 0.0522. The number of rotatable bonds is 8. The highest BCUT2D eigenvalue weighted by Crippen LogP contribution is 2.43. The van der Waals surface area contributed by atoms with E-state index in [0.717, 1.165) is 12.8 Å². The molecule has 0 bridgehead atoms. The second-order valence-electron chi connectivity index (χ2n) is 9.65. The van der Waals surface area contributed by atoms with E-state index < -0.39 is 5.41 Å². The van der Waals surface area contributed by atoms with E-state index in [4.69, 9.17) is 16.3 Å². The number of aryl methyl sites for hydroxylation is 1. The zero-order chi connectivity index (χ0) is 25.0. The SMILES string of the molecule is COCCCN1C(=O)CC(CC(=O)N2CCCC(c3ccccc3C)C2)(c2ccccc2Cl)C1=O. The Balaban J connectivity index is 1.60. The Bertz CT molecular complexity index is 1100. The lowest BCUT2D eigenvalue weighted by atomic mass is 9.75. The lowest BCUT2D eigenvalue weighted by Gasteiger charge is -2.36. The van der Waals surface area contributed by atoms with E-state index in [1.807, 2.05) is 17.0 Å². The van der Waals surface area contributed by atoms with Crippen LogP contribution in [0, 0.1) is 6.92 Å². The molecule has 35 heavy (non-hydrogen) atoms. The van der Waals surface area contributed by atoms with Gasteiger partial charge in [0, 0.05) is 57.1 Å². The highest BCUT2D eigenvalue weighted by Gasteiger charge is 2.54. The number of nitrogens with zero attached hydrogens (tertiary/aromatic N) is 2. The van der Waals surface area contributed by atoms with E-state index in [-0.39, 0.29) is 43.0 Å². The summed E-state index contributed by atoms with van der Waals surface area (Å²) in [5, 5.41) is 0.400. The van der Waals surface area contributed by atoms with Crippen molar-refractivity contribution >= 4 is 29.3 Å². The predicted molar refractivity (Wildman–Crippen MR) is 135 cm³/mol. The smallest absolute Gasteiger partial charge is 0.240 e. The van der Waals surface area contributed by atoms with Gasteiger partial charge in [0.2, 0.25) is 17.7 Å². The molecule has 2 heterocycles. The fourth-order valence-corrected chi connectivity index (χ4v) is 5.88. The van der Waals surface area contributed by atoms with Gasteiger partial charge in [0.15, 0.2) is 0 Å². The molecule has 2 aliphatic rings. The first-order valence-corrected chi connectivity index (χ1v) is 12.7. The zero-order valence-electron chi connectivity index (χ0n) is 20.5. The van der Waals surface area contributed by atoms with Gasteiger partial charge in [-0.1, -0.05) is 54.1 Å². The maximum atomic E-state index is 13.8. The number of amides is 3. The minimum Gasteiger partial charge on any atom is -0.385 e. The van der Waals surface area contributed by atoms with Crippen LogP contribution in [0.2, 0.25) is 5.02 Å². The van der Waals surface area contributed by atoms with Crippen molar-refractivity contribution in [1.29, 1.82) is 0 Å². The van der Waals surface area contributed by atoms with Crippen LogP contribution in [0.4, 0.5) is 0 Å². The van der Waals surface area contributed by atoms with Crippen LogP contribution in [-0.4, -0.2) is 60.9 Å². The Labute approximate surface area is 212 Å². The van der Waals surface area contributed by atoms with Crippen molar-refractivity contribution in [3.63, 3.8) is 0 Å². The Kier molecular flexibility index (Phi) is 7.92. The molecule has 0 aliphatic carbocycles. The summed E-state index contributed by atoms with van der Waals surface area (Å²) in [6, 6.07) is 15.4. The van der Waals surface area contributed by atoms with Crippen LogP contribution in [-0.2, 0) is 24.5 Å². The molecule has 2 atom stereocenters. The molecule has 2 aliphatic heterocycles. The average Bonchev–Trinajstić information content (AvgIpc) is 3.09. The fraction of sp³-hybridized carbons (Fsp3) is 0.464. The van der Waals surface area contributed by atoms with Crippen molar-refractivity contribution in [3.8, 4) is 0 Å². The van der Waals surface area contributed by atoms with Gasteiger partial charge < -0.3 is 9.64 Å². The standard InChI is InChI=1S/C28H33ClN2O4/c1-20-9-3-4-11-22(20)21-10-7-14-30(19-21)25(32)17-28(23-12-5-6-13-24(23)29)18-26(33)31(27(28)34)15-8-16-35-2/h3-6,9,11-13,21H,7-8,10,14-19H2,1-2H3. The first kappa shape index (κ1) is 25.4. The quantitative estimate of drug-likeness (QED) is 0.399. The molecule has 2 unspecified atom stereocenters. The van der Waals surface area contributed by atoms with Crippen LogP contribution in [0.25, 0.3) is 0 Å². The lowest BCUT2D eigenvalue weighted by molar-refractivity contribution is -0.143. The van der Waals surface area contributed by atoms with Gasteiger partial charge in [0.25, 0.3) is 0 Å². The van der Waals surface area contributed by atoms with E-state index in [0.29, 0.717) is 36.7 Å². The number of likely N-dealkylation sites (tertiary alicyclic amines) is 2. The number of piperidine rings is 1. The molecule has 2 fully saturated rings. The number of ether oxygens (including phenoxy) is 1. The molecule has 7 heteroatoms. The predicted octanol–water partition coefficient (Wildman–Crippen LogP) is 4.48. The highest BCUT2D eigenvalue weighted by molar-refractivity contribution is 6.32. The van der Waals surface area contributed by atoms with E-state index in [1.165, 1.54) is 16.0 Å². The van der Waals surface area contributed by atoms with Gasteiger partial charge in [0.05, 0.1) is 5.41 Å². The van der Waals surface area contributed by atoms with Crippen molar-refractivity contribution in [2.45, 2.75) is 50.4 Å². The topological polar surface area (TPSA) is 66.9 Å². The molecule has 0 N–H and O–H groups in total. The third-order valence-electron chi connectivity index (χ3n) is 7.38. The molecule has 0 spiro atoms. The minimum atomic E-state index is -1.28. The van der Waals surface area contributed by atoms with Crippen molar-refractivity contribution in [2.75, 3.05) is 33.4 Å². The molecule has 0 saturated carbocycles. The monoisotopic (exact) mass is 496 g/mol. The highest BCUT2D eigenvalue weighted by atomic mass is 35.5. The van der Waals surface area contributed by atoms with E-state index in [2.05, 4.69) is 19.1 Å².